The third-order valence-electron chi connectivity index (χ3n) is 0.534. The van der Waals surface area contributed by atoms with Gasteiger partial charge >= 0.3 is 0 Å². The first kappa shape index (κ1) is 12.4. The summed E-state index contributed by atoms with van der Waals surface area (Å²) in [7, 11) is 0. The monoisotopic (exact) mass is 179 g/mol. The highest BCUT2D eigenvalue weighted by Crippen LogP contribution is 2.11. The third kappa shape index (κ3) is 5.86. The number of nitrogens with one attached hydrogen (secondary N) is 1. The van der Waals surface area contributed by atoms with Crippen molar-refractivity contribution in [1.82, 2.24) is 0 Å². The van der Waals surface area contributed by atoms with Gasteiger partial charge < -0.3 is 5.41 Å². The molecule has 10 heavy (non-hydrogen) atoms. The number of hydrogen-bond acceptors (Lipinski definition) is 1. The summed E-state index contributed by atoms with van der Waals surface area (Å²) in [5.74, 6) is 0. The zero-order valence-corrected chi connectivity index (χ0v) is 7.63. The minimum absolute atomic E-state index is 0.210. The SMILES string of the molecule is C=C/C(Cl)=C(/Cl)C=N.CC. The fourth-order valence-electron chi connectivity index (χ4n) is 0.166. The largest absolute Gasteiger partial charge is 0.307 e. The Bertz CT molecular complexity index is 123. The normalized spacial score (nSPS) is 10.4. The average molecular weight is 180 g/mol. The van der Waals surface area contributed by atoms with Crippen LogP contribution in [0.15, 0.2) is 22.7 Å². The zero-order chi connectivity index (χ0) is 8.57. The molecule has 0 aliphatic carbocycles. The van der Waals surface area contributed by atoms with Crippen molar-refractivity contribution in [2.45, 2.75) is 13.8 Å². The lowest BCUT2D eigenvalue weighted by atomic mass is 10.5. The van der Waals surface area contributed by atoms with Crippen molar-refractivity contribution < 1.29 is 0 Å². The van der Waals surface area contributed by atoms with Gasteiger partial charge in [0.25, 0.3) is 0 Å². The summed E-state index contributed by atoms with van der Waals surface area (Å²) in [4.78, 5) is 0. The second kappa shape index (κ2) is 8.73. The van der Waals surface area contributed by atoms with Crippen LogP contribution in [0.4, 0.5) is 0 Å². The molecule has 0 bridgehead atoms. The summed E-state index contributed by atoms with van der Waals surface area (Å²) in [5.41, 5.74) is 0. The number of halogens is 2. The molecule has 0 heterocycles. The minimum Gasteiger partial charge on any atom is -0.307 e. The van der Waals surface area contributed by atoms with Crippen molar-refractivity contribution in [3.63, 3.8) is 0 Å². The molecule has 1 N–H and O–H groups in total. The Hall–Kier alpha value is -0.270. The van der Waals surface area contributed by atoms with Crippen LogP contribution in [-0.4, -0.2) is 6.21 Å². The summed E-state index contributed by atoms with van der Waals surface area (Å²) in [6.07, 6.45) is 2.35. The summed E-state index contributed by atoms with van der Waals surface area (Å²) in [5, 5.41) is 7.11. The first-order valence-electron chi connectivity index (χ1n) is 2.90. The molecule has 0 aromatic carbocycles. The molecule has 0 aromatic heterocycles. The van der Waals surface area contributed by atoms with E-state index in [-0.39, 0.29) is 5.03 Å². The summed E-state index contributed by atoms with van der Waals surface area (Å²) in [6, 6.07) is 0. The fourth-order valence-corrected chi connectivity index (χ4v) is 0.298. The highest BCUT2D eigenvalue weighted by atomic mass is 35.5. The Morgan fingerprint density at radius 2 is 1.70 bits per heavy atom. The molecule has 0 radical (unpaired) electrons. The van der Waals surface area contributed by atoms with Crippen molar-refractivity contribution in [1.29, 1.82) is 5.41 Å². The van der Waals surface area contributed by atoms with Crippen LogP contribution in [0.3, 0.4) is 0 Å². The number of allylic oxidation sites excluding steroid dienone is 3. The second-order valence-corrected chi connectivity index (χ2v) is 1.86. The minimum atomic E-state index is 0.210. The van der Waals surface area contributed by atoms with E-state index in [1.807, 2.05) is 13.8 Å². The molecule has 0 aliphatic heterocycles. The average Bonchev–Trinajstić information content (AvgIpc) is 2.05. The smallest absolute Gasteiger partial charge is 0.0767 e. The lowest BCUT2D eigenvalue weighted by molar-refractivity contribution is 1.50. The van der Waals surface area contributed by atoms with Gasteiger partial charge in [-0.05, 0) is 6.08 Å². The van der Waals surface area contributed by atoms with E-state index in [1.54, 1.807) is 0 Å². The maximum Gasteiger partial charge on any atom is 0.0767 e. The van der Waals surface area contributed by atoms with Crippen molar-refractivity contribution in [3.05, 3.63) is 22.7 Å². The Kier molecular flexibility index (Phi) is 10.8. The Morgan fingerprint density at radius 1 is 1.30 bits per heavy atom. The first-order valence-corrected chi connectivity index (χ1v) is 3.66. The van der Waals surface area contributed by atoms with Crippen molar-refractivity contribution >= 4 is 29.4 Å². The van der Waals surface area contributed by atoms with Gasteiger partial charge in [-0.2, -0.15) is 0 Å². The molecular formula is C7H11Cl2N. The van der Waals surface area contributed by atoms with E-state index in [0.717, 1.165) is 6.21 Å². The predicted molar refractivity (Wildman–Crippen MR) is 49.1 cm³/mol. The molecule has 0 atom stereocenters. The lowest BCUT2D eigenvalue weighted by Gasteiger charge is -1.85. The van der Waals surface area contributed by atoms with Gasteiger partial charge in [0.15, 0.2) is 0 Å². The van der Waals surface area contributed by atoms with Gasteiger partial charge in [-0.1, -0.05) is 43.6 Å². The molecule has 0 amide bonds. The van der Waals surface area contributed by atoms with E-state index in [4.69, 9.17) is 28.6 Å². The second-order valence-electron chi connectivity index (χ2n) is 1.04. The highest BCUT2D eigenvalue weighted by Gasteiger charge is 1.89. The highest BCUT2D eigenvalue weighted by molar-refractivity contribution is 6.46. The fraction of sp³-hybridized carbons (Fsp3) is 0.286. The van der Waals surface area contributed by atoms with E-state index in [0.29, 0.717) is 5.03 Å². The summed E-state index contributed by atoms with van der Waals surface area (Å²) in [6.45, 7) is 7.35. The van der Waals surface area contributed by atoms with Gasteiger partial charge in [0.2, 0.25) is 0 Å². The van der Waals surface area contributed by atoms with Crippen LogP contribution in [0.2, 0.25) is 0 Å². The van der Waals surface area contributed by atoms with Gasteiger partial charge in [0, 0.05) is 6.21 Å². The molecule has 0 aliphatic rings. The molecule has 0 aromatic rings. The molecule has 0 rings (SSSR count). The van der Waals surface area contributed by atoms with Gasteiger partial charge in [-0.25, -0.2) is 0 Å². The van der Waals surface area contributed by atoms with Crippen molar-refractivity contribution in [2.24, 2.45) is 0 Å². The van der Waals surface area contributed by atoms with Crippen LogP contribution in [0.1, 0.15) is 13.8 Å². The first-order chi connectivity index (χ1) is 4.72. The maximum absolute atomic E-state index is 6.60. The topological polar surface area (TPSA) is 23.9 Å². The van der Waals surface area contributed by atoms with Crippen LogP contribution < -0.4 is 0 Å². The number of hydrogen-bond donors (Lipinski definition) is 1. The summed E-state index contributed by atoms with van der Waals surface area (Å²) < 4.78 is 0. The Labute approximate surface area is 71.8 Å². The van der Waals surface area contributed by atoms with E-state index in [1.165, 1.54) is 6.08 Å². The van der Waals surface area contributed by atoms with Crippen LogP contribution in [0.5, 0.6) is 0 Å². The quantitative estimate of drug-likeness (QED) is 0.496. The third-order valence-corrected chi connectivity index (χ3v) is 1.30. The van der Waals surface area contributed by atoms with Crippen LogP contribution in [0.25, 0.3) is 0 Å². The molecule has 3 heteroatoms. The molecule has 58 valence electrons. The van der Waals surface area contributed by atoms with Crippen LogP contribution in [0, 0.1) is 5.41 Å². The lowest BCUT2D eigenvalue weighted by Crippen LogP contribution is -1.72. The summed E-state index contributed by atoms with van der Waals surface area (Å²) >= 11 is 10.7. The zero-order valence-electron chi connectivity index (χ0n) is 6.12. The van der Waals surface area contributed by atoms with Gasteiger partial charge in [0.05, 0.1) is 10.1 Å². The van der Waals surface area contributed by atoms with E-state index < -0.39 is 0 Å². The van der Waals surface area contributed by atoms with Gasteiger partial charge in [0.1, 0.15) is 0 Å². The molecule has 0 spiro atoms. The van der Waals surface area contributed by atoms with Gasteiger partial charge in [-0.3, -0.25) is 0 Å². The predicted octanol–water partition coefficient (Wildman–Crippen LogP) is 3.54. The molecular weight excluding hydrogens is 169 g/mol. The standard InChI is InChI=1S/C5H5Cl2N.C2H6/c1-2-4(6)5(7)3-8;1-2/h2-3,8H,1H2;1-2H3/b5-4-,8-3?;. The van der Waals surface area contributed by atoms with E-state index in [2.05, 4.69) is 6.58 Å². The van der Waals surface area contributed by atoms with Crippen molar-refractivity contribution in [2.75, 3.05) is 0 Å². The Balaban J connectivity index is 0. The van der Waals surface area contributed by atoms with Crippen LogP contribution >= 0.6 is 23.2 Å². The molecule has 1 nitrogen and oxygen atoms in total. The van der Waals surface area contributed by atoms with E-state index >= 15 is 0 Å². The maximum atomic E-state index is 6.60. The molecule has 0 saturated heterocycles. The molecule has 0 fully saturated rings. The van der Waals surface area contributed by atoms with E-state index in [9.17, 15) is 0 Å². The number of rotatable bonds is 2. The molecule has 0 saturated carbocycles. The Morgan fingerprint density at radius 3 is 1.80 bits per heavy atom. The van der Waals surface area contributed by atoms with Gasteiger partial charge in [-0.15, -0.1) is 0 Å². The van der Waals surface area contributed by atoms with Crippen molar-refractivity contribution in [3.8, 4) is 0 Å². The molecule has 0 unspecified atom stereocenters. The van der Waals surface area contributed by atoms with Crippen LogP contribution in [-0.2, 0) is 0 Å².